The fourth-order valence-corrected chi connectivity index (χ4v) is 3.44. The molecule has 2 aromatic carbocycles. The van der Waals surface area contributed by atoms with E-state index < -0.39 is 0 Å². The molecule has 27 heavy (non-hydrogen) atoms. The molecule has 0 aromatic heterocycles. The van der Waals surface area contributed by atoms with Crippen LogP contribution in [-0.2, 0) is 10.2 Å². The Bertz CT molecular complexity index is 755. The second kappa shape index (κ2) is 8.77. The topological polar surface area (TPSA) is 68.8 Å². The zero-order valence-electron chi connectivity index (χ0n) is 15.8. The van der Waals surface area contributed by atoms with Crippen LogP contribution in [-0.4, -0.2) is 40.0 Å². The Morgan fingerprint density at radius 3 is 2.41 bits per heavy atom. The van der Waals surface area contributed by atoms with Gasteiger partial charge >= 0.3 is 6.03 Å². The van der Waals surface area contributed by atoms with Crippen molar-refractivity contribution < 1.29 is 19.0 Å². The van der Waals surface area contributed by atoms with E-state index in [1.54, 1.807) is 14.2 Å². The molecule has 1 aliphatic heterocycles. The minimum atomic E-state index is -0.251. The Morgan fingerprint density at radius 2 is 1.74 bits per heavy atom. The minimum absolute atomic E-state index is 0.150. The van der Waals surface area contributed by atoms with Crippen molar-refractivity contribution >= 4 is 11.7 Å². The summed E-state index contributed by atoms with van der Waals surface area (Å²) < 4.78 is 16.1. The van der Waals surface area contributed by atoms with Gasteiger partial charge in [0.15, 0.2) is 0 Å². The summed E-state index contributed by atoms with van der Waals surface area (Å²) in [5, 5.41) is 5.89. The van der Waals surface area contributed by atoms with Crippen molar-refractivity contribution in [3.8, 4) is 11.5 Å². The molecule has 0 atom stereocenters. The largest absolute Gasteiger partial charge is 0.497 e. The number of hydrogen-bond donors (Lipinski definition) is 2. The van der Waals surface area contributed by atoms with Gasteiger partial charge in [0.1, 0.15) is 11.5 Å². The van der Waals surface area contributed by atoms with Gasteiger partial charge < -0.3 is 24.8 Å². The first-order valence-corrected chi connectivity index (χ1v) is 9.07. The van der Waals surface area contributed by atoms with Crippen LogP contribution in [0.1, 0.15) is 18.4 Å². The predicted octanol–water partition coefficient (Wildman–Crippen LogP) is 3.57. The fourth-order valence-electron chi connectivity index (χ4n) is 3.44. The van der Waals surface area contributed by atoms with Crippen LogP contribution in [0, 0.1) is 0 Å². The molecule has 2 aromatic rings. The maximum absolute atomic E-state index is 12.5. The molecule has 1 saturated heterocycles. The van der Waals surface area contributed by atoms with Gasteiger partial charge in [-0.1, -0.05) is 24.3 Å². The maximum Gasteiger partial charge on any atom is 0.319 e. The molecule has 0 spiro atoms. The number of amides is 2. The van der Waals surface area contributed by atoms with Crippen molar-refractivity contribution in [1.82, 2.24) is 5.32 Å². The molecular weight excluding hydrogens is 344 g/mol. The molecular formula is C21H26N2O4. The van der Waals surface area contributed by atoms with Gasteiger partial charge in [-0.25, -0.2) is 4.79 Å². The highest BCUT2D eigenvalue weighted by Crippen LogP contribution is 2.35. The quantitative estimate of drug-likeness (QED) is 0.816. The van der Waals surface area contributed by atoms with Crippen LogP contribution in [0.25, 0.3) is 0 Å². The van der Waals surface area contributed by atoms with E-state index in [1.807, 2.05) is 36.4 Å². The molecule has 1 heterocycles. The first-order valence-electron chi connectivity index (χ1n) is 9.07. The molecule has 2 amide bonds. The number of carbonyl (C=O) groups excluding carboxylic acids is 1. The Hall–Kier alpha value is -2.73. The molecule has 0 radical (unpaired) electrons. The highest BCUT2D eigenvalue weighted by Gasteiger charge is 2.35. The Morgan fingerprint density at radius 1 is 1.04 bits per heavy atom. The van der Waals surface area contributed by atoms with E-state index in [0.717, 1.165) is 18.6 Å². The summed E-state index contributed by atoms with van der Waals surface area (Å²) in [7, 11) is 3.24. The SMILES string of the molecule is COc1ccc(C2(CNC(=O)Nc3ccccc3OC)CCOCC2)cc1. The molecule has 0 unspecified atom stereocenters. The zero-order valence-corrected chi connectivity index (χ0v) is 15.8. The van der Waals surface area contributed by atoms with Crippen LogP contribution in [0.5, 0.6) is 11.5 Å². The van der Waals surface area contributed by atoms with Crippen molar-refractivity contribution in [3.05, 3.63) is 54.1 Å². The molecule has 0 saturated carbocycles. The summed E-state index contributed by atoms with van der Waals surface area (Å²) in [4.78, 5) is 12.5. The number of hydrogen-bond acceptors (Lipinski definition) is 4. The van der Waals surface area contributed by atoms with Crippen molar-refractivity contribution in [1.29, 1.82) is 0 Å². The van der Waals surface area contributed by atoms with E-state index in [1.165, 1.54) is 5.56 Å². The lowest BCUT2D eigenvalue weighted by Crippen LogP contribution is -2.45. The van der Waals surface area contributed by atoms with Crippen LogP contribution >= 0.6 is 0 Å². The van der Waals surface area contributed by atoms with Crippen LogP contribution in [0.3, 0.4) is 0 Å². The third-order valence-corrected chi connectivity index (χ3v) is 5.09. The first kappa shape index (κ1) is 19.0. The second-order valence-corrected chi connectivity index (χ2v) is 6.63. The van der Waals surface area contributed by atoms with Gasteiger partial charge in [-0.3, -0.25) is 0 Å². The van der Waals surface area contributed by atoms with E-state index in [-0.39, 0.29) is 11.4 Å². The summed E-state index contributed by atoms with van der Waals surface area (Å²) in [5.74, 6) is 1.45. The highest BCUT2D eigenvalue weighted by molar-refractivity contribution is 5.90. The maximum atomic E-state index is 12.5. The third kappa shape index (κ3) is 4.52. The van der Waals surface area contributed by atoms with Gasteiger partial charge in [-0.2, -0.15) is 0 Å². The average molecular weight is 370 g/mol. The molecule has 144 valence electrons. The number of urea groups is 1. The number of anilines is 1. The number of ether oxygens (including phenoxy) is 3. The average Bonchev–Trinajstić information content (AvgIpc) is 2.73. The first-order chi connectivity index (χ1) is 13.2. The van der Waals surface area contributed by atoms with Crippen molar-refractivity contribution in [2.24, 2.45) is 0 Å². The molecule has 2 N–H and O–H groups in total. The molecule has 0 aliphatic carbocycles. The Balaban J connectivity index is 1.70. The van der Waals surface area contributed by atoms with E-state index in [9.17, 15) is 4.79 Å². The van der Waals surface area contributed by atoms with E-state index in [2.05, 4.69) is 22.8 Å². The summed E-state index contributed by atoms with van der Waals surface area (Å²) in [6.45, 7) is 1.90. The monoisotopic (exact) mass is 370 g/mol. The molecule has 3 rings (SSSR count). The van der Waals surface area contributed by atoms with Gasteiger partial charge in [0.05, 0.1) is 19.9 Å². The van der Waals surface area contributed by atoms with Gasteiger partial charge in [-0.05, 0) is 42.7 Å². The third-order valence-electron chi connectivity index (χ3n) is 5.09. The molecule has 1 aliphatic rings. The standard InChI is InChI=1S/C21H26N2O4/c1-25-17-9-7-16(8-10-17)21(11-13-27-14-12-21)15-22-20(24)23-18-5-3-4-6-19(18)26-2/h3-10H,11-15H2,1-2H3,(H2,22,23,24). The van der Waals surface area contributed by atoms with E-state index >= 15 is 0 Å². The summed E-state index contributed by atoms with van der Waals surface area (Å²) in [5.41, 5.74) is 1.68. The lowest BCUT2D eigenvalue weighted by molar-refractivity contribution is 0.0508. The van der Waals surface area contributed by atoms with Crippen LogP contribution in [0.15, 0.2) is 48.5 Å². The van der Waals surface area contributed by atoms with Crippen molar-refractivity contribution in [2.45, 2.75) is 18.3 Å². The fraction of sp³-hybridized carbons (Fsp3) is 0.381. The van der Waals surface area contributed by atoms with E-state index in [4.69, 9.17) is 14.2 Å². The summed E-state index contributed by atoms with van der Waals surface area (Å²) >= 11 is 0. The number of para-hydroxylation sites is 2. The van der Waals surface area contributed by atoms with Crippen LogP contribution in [0.2, 0.25) is 0 Å². The van der Waals surface area contributed by atoms with Crippen molar-refractivity contribution in [3.63, 3.8) is 0 Å². The highest BCUT2D eigenvalue weighted by atomic mass is 16.5. The number of benzene rings is 2. The minimum Gasteiger partial charge on any atom is -0.497 e. The van der Waals surface area contributed by atoms with Gasteiger partial charge in [0, 0.05) is 25.2 Å². The second-order valence-electron chi connectivity index (χ2n) is 6.63. The smallest absolute Gasteiger partial charge is 0.319 e. The Labute approximate surface area is 159 Å². The summed E-state index contributed by atoms with van der Waals surface area (Å²) in [6, 6.07) is 15.2. The zero-order chi connectivity index (χ0) is 19.1. The van der Waals surface area contributed by atoms with E-state index in [0.29, 0.717) is 31.2 Å². The lowest BCUT2D eigenvalue weighted by atomic mass is 9.74. The summed E-state index contributed by atoms with van der Waals surface area (Å²) in [6.07, 6.45) is 1.71. The van der Waals surface area contributed by atoms with Crippen LogP contribution < -0.4 is 20.1 Å². The van der Waals surface area contributed by atoms with Crippen LogP contribution in [0.4, 0.5) is 10.5 Å². The molecule has 6 heteroatoms. The number of nitrogens with one attached hydrogen (secondary N) is 2. The molecule has 6 nitrogen and oxygen atoms in total. The number of carbonyl (C=O) groups is 1. The van der Waals surface area contributed by atoms with Crippen molar-refractivity contribution in [2.75, 3.05) is 39.3 Å². The molecule has 0 bridgehead atoms. The lowest BCUT2D eigenvalue weighted by Gasteiger charge is -2.38. The van der Waals surface area contributed by atoms with Gasteiger partial charge in [0.25, 0.3) is 0 Å². The molecule has 1 fully saturated rings. The normalized spacial score (nSPS) is 15.6. The predicted molar refractivity (Wildman–Crippen MR) is 105 cm³/mol. The van der Waals surface area contributed by atoms with Gasteiger partial charge in [-0.15, -0.1) is 0 Å². The van der Waals surface area contributed by atoms with Gasteiger partial charge in [0.2, 0.25) is 0 Å². The number of methoxy groups -OCH3 is 2. The Kier molecular flexibility index (Phi) is 6.19. The number of rotatable bonds is 6.